The molecule has 0 fully saturated rings. The first-order valence-electron chi connectivity index (χ1n) is 4.16. The second kappa shape index (κ2) is 3.13. The summed E-state index contributed by atoms with van der Waals surface area (Å²) in [7, 11) is 0. The van der Waals surface area contributed by atoms with Crippen LogP contribution in [0.25, 0.3) is 0 Å². The molecule has 1 rings (SSSR count). The SMILES string of the molecule is CC(=O)NC1(C)C=CC=C(C)C1. The molecule has 1 amide bonds. The van der Waals surface area contributed by atoms with E-state index in [1.165, 1.54) is 5.57 Å². The molecule has 0 aromatic carbocycles. The van der Waals surface area contributed by atoms with Crippen LogP contribution in [0.3, 0.4) is 0 Å². The maximum atomic E-state index is 10.9. The minimum absolute atomic E-state index is 0.0249. The Bertz CT molecular complexity index is 249. The highest BCUT2D eigenvalue weighted by atomic mass is 16.1. The molecule has 0 heterocycles. The molecular formula is C10H15NO. The van der Waals surface area contributed by atoms with Crippen LogP contribution in [0, 0.1) is 0 Å². The highest BCUT2D eigenvalue weighted by Gasteiger charge is 2.23. The van der Waals surface area contributed by atoms with Gasteiger partial charge in [0.1, 0.15) is 0 Å². The number of allylic oxidation sites excluding steroid dienone is 2. The molecule has 12 heavy (non-hydrogen) atoms. The van der Waals surface area contributed by atoms with Gasteiger partial charge in [0.2, 0.25) is 5.91 Å². The van der Waals surface area contributed by atoms with Gasteiger partial charge in [-0.15, -0.1) is 0 Å². The summed E-state index contributed by atoms with van der Waals surface area (Å²) in [6.07, 6.45) is 7.00. The number of carbonyl (C=O) groups excluding carboxylic acids is 1. The molecule has 1 aliphatic carbocycles. The van der Waals surface area contributed by atoms with Gasteiger partial charge in [-0.1, -0.05) is 23.8 Å². The zero-order valence-electron chi connectivity index (χ0n) is 7.85. The number of nitrogens with one attached hydrogen (secondary N) is 1. The van der Waals surface area contributed by atoms with Crippen molar-refractivity contribution >= 4 is 5.91 Å². The van der Waals surface area contributed by atoms with Crippen molar-refractivity contribution in [2.24, 2.45) is 0 Å². The van der Waals surface area contributed by atoms with E-state index >= 15 is 0 Å². The van der Waals surface area contributed by atoms with Gasteiger partial charge in [0.05, 0.1) is 5.54 Å². The smallest absolute Gasteiger partial charge is 0.217 e. The van der Waals surface area contributed by atoms with E-state index in [1.807, 2.05) is 19.1 Å². The molecule has 2 nitrogen and oxygen atoms in total. The van der Waals surface area contributed by atoms with Gasteiger partial charge in [0, 0.05) is 6.92 Å². The summed E-state index contributed by atoms with van der Waals surface area (Å²) in [6.45, 7) is 5.65. The predicted molar refractivity (Wildman–Crippen MR) is 49.7 cm³/mol. The van der Waals surface area contributed by atoms with Gasteiger partial charge >= 0.3 is 0 Å². The van der Waals surface area contributed by atoms with E-state index in [9.17, 15) is 4.79 Å². The Hall–Kier alpha value is -1.05. The summed E-state index contributed by atoms with van der Waals surface area (Å²) in [5.41, 5.74) is 1.12. The summed E-state index contributed by atoms with van der Waals surface area (Å²) >= 11 is 0. The van der Waals surface area contributed by atoms with E-state index in [4.69, 9.17) is 0 Å². The summed E-state index contributed by atoms with van der Waals surface area (Å²) in [6, 6.07) is 0. The average molecular weight is 165 g/mol. The van der Waals surface area contributed by atoms with Crippen molar-refractivity contribution in [1.29, 1.82) is 0 Å². The van der Waals surface area contributed by atoms with Crippen molar-refractivity contribution in [2.75, 3.05) is 0 Å². The molecule has 2 heteroatoms. The summed E-state index contributed by atoms with van der Waals surface area (Å²) in [5.74, 6) is 0.0249. The predicted octanol–water partition coefficient (Wildman–Crippen LogP) is 1.79. The van der Waals surface area contributed by atoms with Gasteiger partial charge in [-0.3, -0.25) is 4.79 Å². The quantitative estimate of drug-likeness (QED) is 0.630. The largest absolute Gasteiger partial charge is 0.347 e. The number of carbonyl (C=O) groups is 1. The van der Waals surface area contributed by atoms with Crippen LogP contribution in [0.2, 0.25) is 0 Å². The molecule has 0 radical (unpaired) electrons. The van der Waals surface area contributed by atoms with Crippen LogP contribution >= 0.6 is 0 Å². The zero-order valence-corrected chi connectivity index (χ0v) is 7.85. The van der Waals surface area contributed by atoms with Crippen molar-refractivity contribution in [3.63, 3.8) is 0 Å². The van der Waals surface area contributed by atoms with Crippen LogP contribution in [0.15, 0.2) is 23.8 Å². The van der Waals surface area contributed by atoms with Crippen LogP contribution in [0.1, 0.15) is 27.2 Å². The van der Waals surface area contributed by atoms with Gasteiger partial charge in [-0.2, -0.15) is 0 Å². The zero-order chi connectivity index (χ0) is 9.19. The lowest BCUT2D eigenvalue weighted by Crippen LogP contribution is -2.44. The van der Waals surface area contributed by atoms with Crippen molar-refractivity contribution in [3.05, 3.63) is 23.8 Å². The molecule has 0 aromatic rings. The van der Waals surface area contributed by atoms with Gasteiger partial charge in [0.15, 0.2) is 0 Å². The number of hydrogen-bond acceptors (Lipinski definition) is 1. The third-order valence-electron chi connectivity index (χ3n) is 1.95. The van der Waals surface area contributed by atoms with Crippen molar-refractivity contribution < 1.29 is 4.79 Å². The van der Waals surface area contributed by atoms with Gasteiger partial charge in [0.25, 0.3) is 0 Å². The molecule has 0 aliphatic heterocycles. The average Bonchev–Trinajstić information content (AvgIpc) is 1.82. The van der Waals surface area contributed by atoms with Crippen LogP contribution < -0.4 is 5.32 Å². The lowest BCUT2D eigenvalue weighted by atomic mass is 9.89. The first kappa shape index (κ1) is 9.04. The lowest BCUT2D eigenvalue weighted by Gasteiger charge is -2.29. The fourth-order valence-electron chi connectivity index (χ4n) is 1.61. The van der Waals surface area contributed by atoms with E-state index < -0.39 is 0 Å². The fraction of sp³-hybridized carbons (Fsp3) is 0.500. The second-order valence-corrected chi connectivity index (χ2v) is 3.65. The van der Waals surface area contributed by atoms with Crippen LogP contribution in [-0.4, -0.2) is 11.4 Å². The Labute approximate surface area is 73.4 Å². The molecule has 1 aliphatic rings. The Morgan fingerprint density at radius 3 is 2.83 bits per heavy atom. The van der Waals surface area contributed by atoms with E-state index in [-0.39, 0.29) is 11.4 Å². The Kier molecular flexibility index (Phi) is 2.36. The summed E-state index contributed by atoms with van der Waals surface area (Å²) in [4.78, 5) is 10.9. The first-order chi connectivity index (χ1) is 5.52. The highest BCUT2D eigenvalue weighted by Crippen LogP contribution is 2.21. The molecule has 0 bridgehead atoms. The molecule has 1 atom stereocenters. The maximum Gasteiger partial charge on any atom is 0.217 e. The normalized spacial score (nSPS) is 28.1. The second-order valence-electron chi connectivity index (χ2n) is 3.65. The van der Waals surface area contributed by atoms with Gasteiger partial charge in [-0.25, -0.2) is 0 Å². The molecule has 1 N–H and O–H groups in total. The van der Waals surface area contributed by atoms with Crippen LogP contribution in [-0.2, 0) is 4.79 Å². The monoisotopic (exact) mass is 165 g/mol. The number of rotatable bonds is 1. The van der Waals surface area contributed by atoms with Gasteiger partial charge < -0.3 is 5.32 Å². The Morgan fingerprint density at radius 1 is 1.67 bits per heavy atom. The minimum Gasteiger partial charge on any atom is -0.347 e. The van der Waals surface area contributed by atoms with Crippen LogP contribution in [0.5, 0.6) is 0 Å². The van der Waals surface area contributed by atoms with Crippen molar-refractivity contribution in [2.45, 2.75) is 32.7 Å². The fourth-order valence-corrected chi connectivity index (χ4v) is 1.61. The standard InChI is InChI=1S/C10H15NO/c1-8-5-4-6-10(3,7-8)11-9(2)12/h4-6H,7H2,1-3H3,(H,11,12). The Balaban J connectivity index is 2.69. The topological polar surface area (TPSA) is 29.1 Å². The van der Waals surface area contributed by atoms with E-state index in [0.29, 0.717) is 0 Å². The van der Waals surface area contributed by atoms with Crippen LogP contribution in [0.4, 0.5) is 0 Å². The summed E-state index contributed by atoms with van der Waals surface area (Å²) in [5, 5.41) is 2.92. The first-order valence-corrected chi connectivity index (χ1v) is 4.16. The molecular weight excluding hydrogens is 150 g/mol. The molecule has 0 saturated carbocycles. The number of hydrogen-bond donors (Lipinski definition) is 1. The third kappa shape index (κ3) is 2.22. The van der Waals surface area contributed by atoms with Crippen molar-refractivity contribution in [1.82, 2.24) is 5.32 Å². The molecule has 66 valence electrons. The minimum atomic E-state index is -0.176. The Morgan fingerprint density at radius 2 is 2.33 bits per heavy atom. The third-order valence-corrected chi connectivity index (χ3v) is 1.95. The van der Waals surface area contributed by atoms with Gasteiger partial charge in [-0.05, 0) is 20.3 Å². The lowest BCUT2D eigenvalue weighted by molar-refractivity contribution is -0.120. The molecule has 0 spiro atoms. The molecule has 1 unspecified atom stereocenters. The van der Waals surface area contributed by atoms with E-state index in [2.05, 4.69) is 18.3 Å². The van der Waals surface area contributed by atoms with E-state index in [1.54, 1.807) is 6.92 Å². The molecule has 0 aromatic heterocycles. The van der Waals surface area contributed by atoms with Crippen molar-refractivity contribution in [3.8, 4) is 0 Å². The highest BCUT2D eigenvalue weighted by molar-refractivity contribution is 5.74. The summed E-state index contributed by atoms with van der Waals surface area (Å²) < 4.78 is 0. The maximum absolute atomic E-state index is 10.9. The van der Waals surface area contributed by atoms with E-state index in [0.717, 1.165) is 6.42 Å². The molecule has 0 saturated heterocycles. The number of amides is 1.